The van der Waals surface area contributed by atoms with E-state index in [9.17, 15) is 22.0 Å². The fraction of sp³-hybridized carbons (Fsp3) is 0.111. The van der Waals surface area contributed by atoms with E-state index in [1.165, 1.54) is 6.92 Å². The minimum Gasteiger partial charge on any atom is -0.263 e. The van der Waals surface area contributed by atoms with Crippen molar-refractivity contribution in [3.05, 3.63) is 34.9 Å². The molecule has 1 N–H and O–H groups in total. The van der Waals surface area contributed by atoms with Crippen LogP contribution in [0.1, 0.15) is 5.82 Å². The maximum Gasteiger partial charge on any atom is 0.200 e. The van der Waals surface area contributed by atoms with Gasteiger partial charge in [-0.05, 0) is 6.92 Å². The van der Waals surface area contributed by atoms with Crippen LogP contribution in [-0.2, 0) is 0 Å². The highest BCUT2D eigenvalue weighted by molar-refractivity contribution is 5.57. The summed E-state index contributed by atoms with van der Waals surface area (Å²) in [4.78, 5) is 3.51. The molecule has 2 rings (SSSR count). The number of nitrogens with one attached hydrogen (secondary N) is 1. The molecule has 1 aromatic carbocycles. The Morgan fingerprint density at radius 1 is 0.824 bits per heavy atom. The second kappa shape index (κ2) is 3.79. The quantitative estimate of drug-likeness (QED) is 0.479. The summed E-state index contributed by atoms with van der Waals surface area (Å²) in [6, 6.07) is 0. The summed E-state index contributed by atoms with van der Waals surface area (Å²) >= 11 is 0. The number of benzene rings is 1. The Labute approximate surface area is 91.3 Å². The van der Waals surface area contributed by atoms with E-state index in [0.717, 1.165) is 0 Å². The maximum absolute atomic E-state index is 13.3. The summed E-state index contributed by atoms with van der Waals surface area (Å²) in [6.45, 7) is 1.42. The molecule has 0 saturated heterocycles. The van der Waals surface area contributed by atoms with E-state index in [-0.39, 0.29) is 5.82 Å². The summed E-state index contributed by atoms with van der Waals surface area (Å²) in [5.41, 5.74) is -1.15. The van der Waals surface area contributed by atoms with Crippen LogP contribution in [0.15, 0.2) is 0 Å². The summed E-state index contributed by atoms with van der Waals surface area (Å²) in [7, 11) is 0. The Morgan fingerprint density at radius 3 is 1.71 bits per heavy atom. The van der Waals surface area contributed by atoms with Gasteiger partial charge in [-0.15, -0.1) is 0 Å². The maximum atomic E-state index is 13.3. The van der Waals surface area contributed by atoms with Crippen molar-refractivity contribution in [3.63, 3.8) is 0 Å². The number of H-pyrrole nitrogens is 1. The van der Waals surface area contributed by atoms with Crippen LogP contribution in [0.3, 0.4) is 0 Å². The lowest BCUT2D eigenvalue weighted by Crippen LogP contribution is -2.04. The molecule has 17 heavy (non-hydrogen) atoms. The molecule has 0 spiro atoms. The average molecular weight is 249 g/mol. The Bertz CT molecular complexity index is 564. The number of aromatic amines is 1. The average Bonchev–Trinajstić information content (AvgIpc) is 2.71. The van der Waals surface area contributed by atoms with Crippen molar-refractivity contribution >= 4 is 0 Å². The molecule has 0 saturated carbocycles. The standard InChI is InChI=1S/C9H4F5N3/c1-2-15-9(17-16-2)3-4(10)6(12)8(14)7(13)5(3)11/h1H3,(H,15,16,17). The SMILES string of the molecule is Cc1nc(-c2c(F)c(F)c(F)c(F)c2F)n[nH]1. The molecule has 1 aromatic heterocycles. The Balaban J connectivity index is 2.78. The van der Waals surface area contributed by atoms with Crippen LogP contribution in [0.4, 0.5) is 22.0 Å². The second-order valence-electron chi connectivity index (χ2n) is 3.19. The predicted octanol–water partition coefficient (Wildman–Crippen LogP) is 2.48. The van der Waals surface area contributed by atoms with E-state index >= 15 is 0 Å². The second-order valence-corrected chi connectivity index (χ2v) is 3.19. The van der Waals surface area contributed by atoms with Gasteiger partial charge in [0, 0.05) is 0 Å². The lowest BCUT2D eigenvalue weighted by Gasteiger charge is -2.04. The van der Waals surface area contributed by atoms with Crippen molar-refractivity contribution in [2.75, 3.05) is 0 Å². The lowest BCUT2D eigenvalue weighted by molar-refractivity contribution is 0.381. The van der Waals surface area contributed by atoms with E-state index in [0.29, 0.717) is 0 Å². The summed E-state index contributed by atoms with van der Waals surface area (Å²) in [5.74, 6) is -10.6. The van der Waals surface area contributed by atoms with Gasteiger partial charge in [-0.25, -0.2) is 26.9 Å². The molecule has 0 aliphatic carbocycles. The van der Waals surface area contributed by atoms with Gasteiger partial charge in [0.15, 0.2) is 29.1 Å². The number of rotatable bonds is 1. The first-order chi connectivity index (χ1) is 7.93. The topological polar surface area (TPSA) is 41.6 Å². The highest BCUT2D eigenvalue weighted by atomic mass is 19.2. The van der Waals surface area contributed by atoms with Crippen molar-refractivity contribution in [2.45, 2.75) is 6.92 Å². The number of aromatic nitrogens is 3. The Hall–Kier alpha value is -1.99. The molecule has 0 radical (unpaired) electrons. The molecular formula is C9H4F5N3. The van der Waals surface area contributed by atoms with Crippen LogP contribution < -0.4 is 0 Å². The zero-order valence-corrected chi connectivity index (χ0v) is 8.28. The fourth-order valence-corrected chi connectivity index (χ4v) is 1.26. The summed E-state index contributed by atoms with van der Waals surface area (Å²) in [6.07, 6.45) is 0. The van der Waals surface area contributed by atoms with Crippen molar-refractivity contribution < 1.29 is 22.0 Å². The number of hydrogen-bond acceptors (Lipinski definition) is 2. The minimum atomic E-state index is -2.21. The van der Waals surface area contributed by atoms with Crippen LogP contribution in [0.2, 0.25) is 0 Å². The number of hydrogen-bond donors (Lipinski definition) is 1. The molecule has 90 valence electrons. The molecular weight excluding hydrogens is 245 g/mol. The largest absolute Gasteiger partial charge is 0.263 e. The highest BCUT2D eigenvalue weighted by Gasteiger charge is 2.28. The summed E-state index contributed by atoms with van der Waals surface area (Å²) < 4.78 is 65.0. The molecule has 1 heterocycles. The van der Waals surface area contributed by atoms with Crippen LogP contribution in [0.25, 0.3) is 11.4 Å². The molecule has 8 heteroatoms. The molecule has 3 nitrogen and oxygen atoms in total. The van der Waals surface area contributed by atoms with Gasteiger partial charge in [0.05, 0.1) is 5.56 Å². The zero-order valence-electron chi connectivity index (χ0n) is 8.28. The van der Waals surface area contributed by atoms with E-state index in [2.05, 4.69) is 15.2 Å². The van der Waals surface area contributed by atoms with Crippen molar-refractivity contribution in [3.8, 4) is 11.4 Å². The van der Waals surface area contributed by atoms with Gasteiger partial charge in [0.2, 0.25) is 5.82 Å². The first-order valence-corrected chi connectivity index (χ1v) is 4.34. The van der Waals surface area contributed by atoms with Gasteiger partial charge in [-0.2, -0.15) is 5.10 Å². The van der Waals surface area contributed by atoms with Gasteiger partial charge in [-0.3, -0.25) is 5.10 Å². The molecule has 0 atom stereocenters. The van der Waals surface area contributed by atoms with Gasteiger partial charge in [0.25, 0.3) is 0 Å². The first kappa shape index (κ1) is 11.5. The number of halogens is 5. The number of aryl methyl sites for hydroxylation is 1. The molecule has 0 aliphatic heterocycles. The molecule has 0 amide bonds. The van der Waals surface area contributed by atoms with E-state index in [4.69, 9.17) is 0 Å². The first-order valence-electron chi connectivity index (χ1n) is 4.34. The van der Waals surface area contributed by atoms with Crippen LogP contribution in [0.5, 0.6) is 0 Å². The molecule has 0 fully saturated rings. The van der Waals surface area contributed by atoms with E-state index < -0.39 is 40.5 Å². The van der Waals surface area contributed by atoms with Gasteiger partial charge in [0.1, 0.15) is 5.82 Å². The molecule has 0 unspecified atom stereocenters. The van der Waals surface area contributed by atoms with Crippen molar-refractivity contribution in [1.29, 1.82) is 0 Å². The normalized spacial score (nSPS) is 10.9. The van der Waals surface area contributed by atoms with E-state index in [1.807, 2.05) is 0 Å². The third kappa shape index (κ3) is 1.65. The Morgan fingerprint density at radius 2 is 1.29 bits per heavy atom. The van der Waals surface area contributed by atoms with Gasteiger partial charge < -0.3 is 0 Å². The smallest absolute Gasteiger partial charge is 0.200 e. The van der Waals surface area contributed by atoms with Crippen LogP contribution in [-0.4, -0.2) is 15.2 Å². The molecule has 0 aliphatic rings. The van der Waals surface area contributed by atoms with Crippen LogP contribution in [0, 0.1) is 36.0 Å². The monoisotopic (exact) mass is 249 g/mol. The Kier molecular flexibility index (Phi) is 2.56. The third-order valence-electron chi connectivity index (χ3n) is 2.03. The van der Waals surface area contributed by atoms with E-state index in [1.54, 1.807) is 0 Å². The lowest BCUT2D eigenvalue weighted by atomic mass is 10.1. The van der Waals surface area contributed by atoms with Crippen LogP contribution >= 0.6 is 0 Å². The predicted molar refractivity (Wildman–Crippen MR) is 46.3 cm³/mol. The number of nitrogens with zero attached hydrogens (tertiary/aromatic N) is 2. The van der Waals surface area contributed by atoms with Crippen molar-refractivity contribution in [2.24, 2.45) is 0 Å². The third-order valence-corrected chi connectivity index (χ3v) is 2.03. The van der Waals surface area contributed by atoms with Gasteiger partial charge in [-0.1, -0.05) is 0 Å². The van der Waals surface area contributed by atoms with Crippen molar-refractivity contribution in [1.82, 2.24) is 15.2 Å². The molecule has 2 aromatic rings. The van der Waals surface area contributed by atoms with Gasteiger partial charge >= 0.3 is 0 Å². The minimum absolute atomic E-state index is 0.184. The summed E-state index contributed by atoms with van der Waals surface area (Å²) in [5, 5.41) is 5.59. The highest BCUT2D eigenvalue weighted by Crippen LogP contribution is 2.29. The zero-order chi connectivity index (χ0) is 12.7. The fourth-order valence-electron chi connectivity index (χ4n) is 1.26. The molecule has 0 bridgehead atoms.